The fourth-order valence-corrected chi connectivity index (χ4v) is 2.14. The standard InChI is InChI=1S/C17H28O2/c1-3-5-6-7-8-12-17(18)15-10-9-11-16(14-15)19-13-4-2/h9-11,14,17-18H,3-8,12-13H2,1-2H3. The molecule has 1 aromatic rings. The Kier molecular flexibility index (Phi) is 8.31. The zero-order chi connectivity index (χ0) is 13.9. The van der Waals surface area contributed by atoms with Gasteiger partial charge in [0.15, 0.2) is 0 Å². The van der Waals surface area contributed by atoms with Gasteiger partial charge < -0.3 is 9.84 Å². The second-order valence-corrected chi connectivity index (χ2v) is 5.14. The highest BCUT2D eigenvalue weighted by Crippen LogP contribution is 2.23. The summed E-state index contributed by atoms with van der Waals surface area (Å²) in [5.74, 6) is 0.865. The Morgan fingerprint density at radius 1 is 1.05 bits per heavy atom. The van der Waals surface area contributed by atoms with Gasteiger partial charge in [0.25, 0.3) is 0 Å². The Bertz CT molecular complexity index is 336. The van der Waals surface area contributed by atoms with Crippen molar-refractivity contribution in [1.82, 2.24) is 0 Å². The summed E-state index contributed by atoms with van der Waals surface area (Å²) in [7, 11) is 0. The Labute approximate surface area is 117 Å². The van der Waals surface area contributed by atoms with Gasteiger partial charge in [0.1, 0.15) is 5.75 Å². The molecular weight excluding hydrogens is 236 g/mol. The molecule has 0 radical (unpaired) electrons. The highest BCUT2D eigenvalue weighted by Gasteiger charge is 2.08. The molecule has 1 aromatic carbocycles. The van der Waals surface area contributed by atoms with E-state index in [1.165, 1.54) is 25.7 Å². The molecule has 0 saturated carbocycles. The second-order valence-electron chi connectivity index (χ2n) is 5.14. The minimum absolute atomic E-state index is 0.355. The van der Waals surface area contributed by atoms with Crippen LogP contribution in [0.5, 0.6) is 5.75 Å². The highest BCUT2D eigenvalue weighted by molar-refractivity contribution is 5.29. The van der Waals surface area contributed by atoms with E-state index in [1.54, 1.807) is 0 Å². The van der Waals surface area contributed by atoms with Crippen LogP contribution in [0, 0.1) is 0 Å². The molecule has 0 aromatic heterocycles. The van der Waals surface area contributed by atoms with Gasteiger partial charge in [-0.2, -0.15) is 0 Å². The van der Waals surface area contributed by atoms with Crippen LogP contribution in [-0.4, -0.2) is 11.7 Å². The van der Waals surface area contributed by atoms with Crippen molar-refractivity contribution < 1.29 is 9.84 Å². The Balaban J connectivity index is 2.36. The SMILES string of the molecule is CCCCCCCC(O)c1cccc(OCCC)c1. The molecule has 0 heterocycles. The van der Waals surface area contributed by atoms with E-state index in [2.05, 4.69) is 13.8 Å². The van der Waals surface area contributed by atoms with Crippen LogP contribution in [-0.2, 0) is 0 Å². The summed E-state index contributed by atoms with van der Waals surface area (Å²) >= 11 is 0. The maximum absolute atomic E-state index is 10.2. The number of aliphatic hydroxyl groups excluding tert-OH is 1. The van der Waals surface area contributed by atoms with Crippen LogP contribution in [0.15, 0.2) is 24.3 Å². The molecule has 108 valence electrons. The van der Waals surface area contributed by atoms with Gasteiger partial charge in [-0.05, 0) is 30.5 Å². The zero-order valence-corrected chi connectivity index (χ0v) is 12.4. The summed E-state index contributed by atoms with van der Waals surface area (Å²) in [6.45, 7) is 5.04. The first-order chi connectivity index (χ1) is 9.27. The van der Waals surface area contributed by atoms with Crippen molar-refractivity contribution in [2.24, 2.45) is 0 Å². The molecule has 0 aliphatic rings. The molecule has 0 aliphatic heterocycles. The van der Waals surface area contributed by atoms with E-state index >= 15 is 0 Å². The molecule has 0 bridgehead atoms. The third-order valence-electron chi connectivity index (χ3n) is 3.30. The van der Waals surface area contributed by atoms with Gasteiger partial charge in [0.05, 0.1) is 12.7 Å². The van der Waals surface area contributed by atoms with Gasteiger partial charge in [0.2, 0.25) is 0 Å². The van der Waals surface area contributed by atoms with Crippen LogP contribution in [0.1, 0.15) is 70.5 Å². The molecule has 0 spiro atoms. The first-order valence-corrected chi connectivity index (χ1v) is 7.68. The molecule has 2 heteroatoms. The number of hydrogen-bond acceptors (Lipinski definition) is 2. The van der Waals surface area contributed by atoms with Crippen molar-refractivity contribution in [1.29, 1.82) is 0 Å². The Morgan fingerprint density at radius 2 is 1.84 bits per heavy atom. The smallest absolute Gasteiger partial charge is 0.119 e. The van der Waals surface area contributed by atoms with E-state index in [-0.39, 0.29) is 6.10 Å². The van der Waals surface area contributed by atoms with E-state index in [4.69, 9.17) is 4.74 Å². The van der Waals surface area contributed by atoms with Crippen molar-refractivity contribution in [3.05, 3.63) is 29.8 Å². The number of hydrogen-bond donors (Lipinski definition) is 1. The van der Waals surface area contributed by atoms with Crippen molar-refractivity contribution in [2.75, 3.05) is 6.61 Å². The van der Waals surface area contributed by atoms with E-state index in [0.29, 0.717) is 0 Å². The average Bonchev–Trinajstić information content (AvgIpc) is 2.45. The van der Waals surface area contributed by atoms with Crippen LogP contribution >= 0.6 is 0 Å². The zero-order valence-electron chi connectivity index (χ0n) is 12.4. The summed E-state index contributed by atoms with van der Waals surface area (Å²) < 4.78 is 5.59. The van der Waals surface area contributed by atoms with Gasteiger partial charge >= 0.3 is 0 Å². The van der Waals surface area contributed by atoms with Gasteiger partial charge in [-0.3, -0.25) is 0 Å². The molecule has 0 saturated heterocycles. The Morgan fingerprint density at radius 3 is 2.58 bits per heavy atom. The fourth-order valence-electron chi connectivity index (χ4n) is 2.14. The van der Waals surface area contributed by atoms with E-state index in [0.717, 1.165) is 37.2 Å². The quantitative estimate of drug-likeness (QED) is 0.611. The number of rotatable bonds is 10. The molecule has 1 unspecified atom stereocenters. The lowest BCUT2D eigenvalue weighted by atomic mass is 10.0. The average molecular weight is 264 g/mol. The Hall–Kier alpha value is -1.02. The summed E-state index contributed by atoms with van der Waals surface area (Å²) in [6, 6.07) is 7.86. The second kappa shape index (κ2) is 9.85. The maximum Gasteiger partial charge on any atom is 0.119 e. The van der Waals surface area contributed by atoms with Gasteiger partial charge in [-0.15, -0.1) is 0 Å². The molecule has 1 atom stereocenters. The molecule has 19 heavy (non-hydrogen) atoms. The van der Waals surface area contributed by atoms with Gasteiger partial charge in [-0.25, -0.2) is 0 Å². The lowest BCUT2D eigenvalue weighted by molar-refractivity contribution is 0.163. The van der Waals surface area contributed by atoms with Gasteiger partial charge in [-0.1, -0.05) is 58.1 Å². The summed E-state index contributed by atoms with van der Waals surface area (Å²) in [6.07, 6.45) is 7.66. The third-order valence-corrected chi connectivity index (χ3v) is 3.30. The predicted molar refractivity (Wildman–Crippen MR) is 80.6 cm³/mol. The van der Waals surface area contributed by atoms with E-state index < -0.39 is 0 Å². The number of unbranched alkanes of at least 4 members (excludes halogenated alkanes) is 4. The normalized spacial score (nSPS) is 12.4. The predicted octanol–water partition coefficient (Wildman–Crippen LogP) is 4.87. The monoisotopic (exact) mass is 264 g/mol. The minimum Gasteiger partial charge on any atom is -0.494 e. The number of benzene rings is 1. The van der Waals surface area contributed by atoms with Crippen LogP contribution < -0.4 is 4.74 Å². The minimum atomic E-state index is -0.355. The van der Waals surface area contributed by atoms with Crippen molar-refractivity contribution in [2.45, 2.75) is 64.9 Å². The molecule has 1 N–H and O–H groups in total. The first-order valence-electron chi connectivity index (χ1n) is 7.68. The van der Waals surface area contributed by atoms with Crippen LogP contribution in [0.25, 0.3) is 0 Å². The largest absolute Gasteiger partial charge is 0.494 e. The number of ether oxygens (including phenoxy) is 1. The fraction of sp³-hybridized carbons (Fsp3) is 0.647. The van der Waals surface area contributed by atoms with Crippen molar-refractivity contribution >= 4 is 0 Å². The molecule has 1 rings (SSSR count). The van der Waals surface area contributed by atoms with Crippen molar-refractivity contribution in [3.63, 3.8) is 0 Å². The number of aliphatic hydroxyl groups is 1. The molecule has 0 fully saturated rings. The first kappa shape index (κ1) is 16.0. The summed E-state index contributed by atoms with van der Waals surface area (Å²) in [5.41, 5.74) is 0.976. The molecule has 0 aliphatic carbocycles. The van der Waals surface area contributed by atoms with Crippen molar-refractivity contribution in [3.8, 4) is 5.75 Å². The maximum atomic E-state index is 10.2. The van der Waals surface area contributed by atoms with E-state index in [9.17, 15) is 5.11 Å². The van der Waals surface area contributed by atoms with Crippen LogP contribution in [0.2, 0.25) is 0 Å². The van der Waals surface area contributed by atoms with E-state index in [1.807, 2.05) is 24.3 Å². The third kappa shape index (κ3) is 6.63. The lowest BCUT2D eigenvalue weighted by Crippen LogP contribution is -2.00. The summed E-state index contributed by atoms with van der Waals surface area (Å²) in [4.78, 5) is 0. The molecule has 0 amide bonds. The lowest BCUT2D eigenvalue weighted by Gasteiger charge is -2.12. The molecular formula is C17H28O2. The molecule has 2 nitrogen and oxygen atoms in total. The van der Waals surface area contributed by atoms with Crippen LogP contribution in [0.4, 0.5) is 0 Å². The topological polar surface area (TPSA) is 29.5 Å². The van der Waals surface area contributed by atoms with Gasteiger partial charge in [0, 0.05) is 0 Å². The highest BCUT2D eigenvalue weighted by atomic mass is 16.5. The van der Waals surface area contributed by atoms with Crippen LogP contribution in [0.3, 0.4) is 0 Å². The summed E-state index contributed by atoms with van der Waals surface area (Å²) in [5, 5.41) is 10.2.